The van der Waals surface area contributed by atoms with Crippen LogP contribution in [0.1, 0.15) is 40.5 Å². The van der Waals surface area contributed by atoms with Gasteiger partial charge in [-0.1, -0.05) is 26.7 Å². The SMILES string of the molecule is BC(CC)(CC)C(=O)C(C(C)=O)C(=O)OCC. The van der Waals surface area contributed by atoms with Gasteiger partial charge in [0.15, 0.2) is 17.5 Å². The van der Waals surface area contributed by atoms with E-state index in [1.54, 1.807) is 14.8 Å². The van der Waals surface area contributed by atoms with E-state index < -0.39 is 23.0 Å². The van der Waals surface area contributed by atoms with Crippen LogP contribution < -0.4 is 0 Å². The van der Waals surface area contributed by atoms with Gasteiger partial charge >= 0.3 is 5.97 Å². The maximum Gasteiger partial charge on any atom is 0.324 e. The van der Waals surface area contributed by atoms with Crippen molar-refractivity contribution in [3.05, 3.63) is 0 Å². The average molecular weight is 240 g/mol. The average Bonchev–Trinajstić information content (AvgIpc) is 2.27. The minimum Gasteiger partial charge on any atom is -0.465 e. The topological polar surface area (TPSA) is 60.4 Å². The maximum absolute atomic E-state index is 12.3. The lowest BCUT2D eigenvalue weighted by molar-refractivity contribution is -0.155. The molecular formula is C12H21BO4. The van der Waals surface area contributed by atoms with Crippen LogP contribution in [0, 0.1) is 5.92 Å². The van der Waals surface area contributed by atoms with Gasteiger partial charge in [-0.2, -0.15) is 0 Å². The summed E-state index contributed by atoms with van der Waals surface area (Å²) in [5.41, 5.74) is 0. The minimum atomic E-state index is -1.26. The molecule has 0 aromatic carbocycles. The molecule has 17 heavy (non-hydrogen) atoms. The molecule has 1 atom stereocenters. The Hall–Kier alpha value is -1.13. The van der Waals surface area contributed by atoms with Crippen molar-refractivity contribution in [2.75, 3.05) is 6.61 Å². The second-order valence-electron chi connectivity index (χ2n) is 4.43. The van der Waals surface area contributed by atoms with Gasteiger partial charge in [0.2, 0.25) is 0 Å². The second-order valence-corrected chi connectivity index (χ2v) is 4.43. The number of carbonyl (C=O) groups excluding carboxylic acids is 3. The van der Waals surface area contributed by atoms with Crippen molar-refractivity contribution in [2.24, 2.45) is 5.92 Å². The summed E-state index contributed by atoms with van der Waals surface area (Å²) in [5, 5.41) is -0.636. The molecule has 0 bridgehead atoms. The zero-order valence-corrected chi connectivity index (χ0v) is 11.3. The van der Waals surface area contributed by atoms with Crippen molar-refractivity contribution in [1.82, 2.24) is 0 Å². The molecule has 0 N–H and O–H groups in total. The Morgan fingerprint density at radius 2 is 1.65 bits per heavy atom. The summed E-state index contributed by atoms with van der Waals surface area (Å²) in [4.78, 5) is 35.4. The van der Waals surface area contributed by atoms with Crippen molar-refractivity contribution in [2.45, 2.75) is 45.9 Å². The summed E-state index contributed by atoms with van der Waals surface area (Å²) in [6, 6.07) is 0. The first kappa shape index (κ1) is 15.9. The van der Waals surface area contributed by atoms with Crippen molar-refractivity contribution in [3.8, 4) is 0 Å². The molecule has 0 heterocycles. The number of ether oxygens (including phenoxy) is 1. The van der Waals surface area contributed by atoms with Crippen LogP contribution >= 0.6 is 0 Å². The van der Waals surface area contributed by atoms with Gasteiger partial charge in [0.25, 0.3) is 0 Å². The highest BCUT2D eigenvalue weighted by Gasteiger charge is 2.41. The summed E-state index contributed by atoms with van der Waals surface area (Å²) in [7, 11) is 1.78. The first-order valence-electron chi connectivity index (χ1n) is 6.05. The van der Waals surface area contributed by atoms with E-state index in [-0.39, 0.29) is 12.4 Å². The number of ketones is 2. The third-order valence-corrected chi connectivity index (χ3v) is 3.35. The molecule has 0 aliphatic carbocycles. The zero-order valence-electron chi connectivity index (χ0n) is 11.3. The Kier molecular flexibility index (Phi) is 6.14. The van der Waals surface area contributed by atoms with E-state index in [0.29, 0.717) is 12.8 Å². The summed E-state index contributed by atoms with van der Waals surface area (Å²) in [6.45, 7) is 6.84. The zero-order chi connectivity index (χ0) is 13.6. The maximum atomic E-state index is 12.3. The molecule has 0 aromatic heterocycles. The molecule has 5 heteroatoms. The summed E-state index contributed by atoms with van der Waals surface area (Å²) in [5.74, 6) is -2.76. The van der Waals surface area contributed by atoms with Gasteiger partial charge in [0, 0.05) is 0 Å². The van der Waals surface area contributed by atoms with Crippen LogP contribution in [0.3, 0.4) is 0 Å². The first-order valence-corrected chi connectivity index (χ1v) is 6.05. The molecule has 0 amide bonds. The predicted molar refractivity (Wildman–Crippen MR) is 67.6 cm³/mol. The van der Waals surface area contributed by atoms with E-state index in [9.17, 15) is 14.4 Å². The van der Waals surface area contributed by atoms with Crippen molar-refractivity contribution < 1.29 is 19.1 Å². The van der Waals surface area contributed by atoms with Crippen LogP contribution in [0.2, 0.25) is 5.31 Å². The van der Waals surface area contributed by atoms with Crippen LogP contribution in [0.15, 0.2) is 0 Å². The summed E-state index contributed by atoms with van der Waals surface area (Å²) in [6.07, 6.45) is 1.21. The third-order valence-electron chi connectivity index (χ3n) is 3.35. The van der Waals surface area contributed by atoms with E-state index in [4.69, 9.17) is 4.74 Å². The van der Waals surface area contributed by atoms with Gasteiger partial charge < -0.3 is 4.74 Å². The molecule has 0 aliphatic heterocycles. The second kappa shape index (κ2) is 6.57. The fourth-order valence-corrected chi connectivity index (χ4v) is 1.63. The molecule has 0 radical (unpaired) electrons. The van der Waals surface area contributed by atoms with Crippen LogP contribution in [0.25, 0.3) is 0 Å². The van der Waals surface area contributed by atoms with Crippen molar-refractivity contribution >= 4 is 25.4 Å². The normalized spacial score (nSPS) is 12.9. The van der Waals surface area contributed by atoms with E-state index >= 15 is 0 Å². The Balaban J connectivity index is 5.15. The molecule has 96 valence electrons. The molecule has 0 aliphatic rings. The van der Waals surface area contributed by atoms with E-state index in [1.807, 2.05) is 13.8 Å². The Labute approximate surface area is 104 Å². The molecule has 0 spiro atoms. The number of hydrogen-bond acceptors (Lipinski definition) is 4. The number of carbonyl (C=O) groups is 3. The molecule has 0 aromatic rings. The fraction of sp³-hybridized carbons (Fsp3) is 0.750. The number of hydrogen-bond donors (Lipinski definition) is 0. The molecule has 0 fully saturated rings. The van der Waals surface area contributed by atoms with E-state index in [1.165, 1.54) is 6.92 Å². The lowest BCUT2D eigenvalue weighted by Gasteiger charge is -2.28. The first-order chi connectivity index (χ1) is 7.83. The van der Waals surface area contributed by atoms with Gasteiger partial charge in [-0.25, -0.2) is 0 Å². The molecule has 0 rings (SSSR count). The van der Waals surface area contributed by atoms with Crippen molar-refractivity contribution in [1.29, 1.82) is 0 Å². The van der Waals surface area contributed by atoms with Gasteiger partial charge in [0.1, 0.15) is 7.85 Å². The molecule has 1 unspecified atom stereocenters. The Bertz CT molecular complexity index is 308. The fourth-order valence-electron chi connectivity index (χ4n) is 1.63. The highest BCUT2D eigenvalue weighted by Crippen LogP contribution is 2.35. The van der Waals surface area contributed by atoms with Crippen LogP contribution in [-0.2, 0) is 19.1 Å². The van der Waals surface area contributed by atoms with E-state index in [0.717, 1.165) is 0 Å². The quantitative estimate of drug-likeness (QED) is 0.377. The molecular weight excluding hydrogens is 219 g/mol. The molecule has 4 nitrogen and oxygen atoms in total. The molecule has 0 saturated heterocycles. The lowest BCUT2D eigenvalue weighted by Crippen LogP contribution is -2.39. The highest BCUT2D eigenvalue weighted by atomic mass is 16.5. The number of esters is 1. The number of rotatable bonds is 7. The van der Waals surface area contributed by atoms with E-state index in [2.05, 4.69) is 0 Å². The highest BCUT2D eigenvalue weighted by molar-refractivity contribution is 6.34. The monoisotopic (exact) mass is 240 g/mol. The summed E-state index contributed by atoms with van der Waals surface area (Å²) < 4.78 is 4.79. The summed E-state index contributed by atoms with van der Waals surface area (Å²) >= 11 is 0. The number of Topliss-reactive ketones (excluding diaryl/α,β-unsaturated/α-hetero) is 2. The van der Waals surface area contributed by atoms with Gasteiger partial charge in [-0.3, -0.25) is 14.4 Å². The smallest absolute Gasteiger partial charge is 0.324 e. The molecule has 0 saturated carbocycles. The van der Waals surface area contributed by atoms with Gasteiger partial charge in [-0.15, -0.1) is 0 Å². The van der Waals surface area contributed by atoms with Crippen LogP contribution in [0.5, 0.6) is 0 Å². The van der Waals surface area contributed by atoms with Gasteiger partial charge in [0.05, 0.1) is 6.61 Å². The Morgan fingerprint density at radius 1 is 1.18 bits per heavy atom. The Morgan fingerprint density at radius 3 is 1.94 bits per heavy atom. The van der Waals surface area contributed by atoms with Crippen LogP contribution in [-0.4, -0.2) is 32.0 Å². The predicted octanol–water partition coefficient (Wildman–Crippen LogP) is 0.936. The largest absolute Gasteiger partial charge is 0.465 e. The standard InChI is InChI=1S/C12H21BO4/c1-5-12(13,6-2)10(15)9(8(4)14)11(16)17-7-3/h9H,5-7,13H2,1-4H3. The minimum absolute atomic E-state index is 0.171. The third kappa shape index (κ3) is 3.68. The van der Waals surface area contributed by atoms with Gasteiger partial charge in [-0.05, 0) is 19.2 Å². The van der Waals surface area contributed by atoms with Crippen molar-refractivity contribution in [3.63, 3.8) is 0 Å². The van der Waals surface area contributed by atoms with Crippen LogP contribution in [0.4, 0.5) is 0 Å². The lowest BCUT2D eigenvalue weighted by atomic mass is 9.59.